The van der Waals surface area contributed by atoms with Gasteiger partial charge in [0, 0.05) is 10.6 Å². The Balaban J connectivity index is 1.56. The molecule has 3 aromatic carbocycles. The number of hydrogen-bond acceptors (Lipinski definition) is 4. The lowest BCUT2D eigenvalue weighted by molar-refractivity contribution is -0.115. The van der Waals surface area contributed by atoms with E-state index in [-0.39, 0.29) is 18.1 Å². The van der Waals surface area contributed by atoms with Crippen LogP contribution >= 0.6 is 11.6 Å². The number of phenolic OH excluding ortho intramolecular Hbond substituents is 1. The van der Waals surface area contributed by atoms with Gasteiger partial charge >= 0.3 is 0 Å². The van der Waals surface area contributed by atoms with E-state index in [4.69, 9.17) is 16.6 Å². The molecule has 4 aromatic rings. The molecule has 0 aliphatic rings. The molecule has 1 aromatic heterocycles. The number of benzene rings is 3. The molecule has 4 rings (SSSR count). The Morgan fingerprint density at radius 1 is 0.875 bits per heavy atom. The number of phenols is 1. The molecule has 160 valence electrons. The molecule has 0 saturated carbocycles. The predicted molar refractivity (Wildman–Crippen MR) is 127 cm³/mol. The van der Waals surface area contributed by atoms with Crippen LogP contribution in [0.3, 0.4) is 0 Å². The molecule has 0 radical (unpaired) electrons. The maximum Gasteiger partial charge on any atom is 0.229 e. The Morgan fingerprint density at radius 3 is 2.31 bits per heavy atom. The number of aromatic hydroxyl groups is 1. The fourth-order valence-electron chi connectivity index (χ4n) is 3.35. The van der Waals surface area contributed by atoms with Crippen LogP contribution in [0.15, 0.2) is 85.1 Å². The number of amides is 1. The highest BCUT2D eigenvalue weighted by molar-refractivity contribution is 6.30. The summed E-state index contributed by atoms with van der Waals surface area (Å²) >= 11 is 5.93. The van der Waals surface area contributed by atoms with Crippen LogP contribution < -0.4 is 5.32 Å². The van der Waals surface area contributed by atoms with Gasteiger partial charge in [0.15, 0.2) is 5.82 Å². The molecule has 0 unspecified atom stereocenters. The average molecular weight is 444 g/mol. The van der Waals surface area contributed by atoms with Crippen LogP contribution in [-0.4, -0.2) is 21.0 Å². The summed E-state index contributed by atoms with van der Waals surface area (Å²) in [5, 5.41) is 13.1. The van der Waals surface area contributed by atoms with Crippen molar-refractivity contribution in [3.8, 4) is 17.0 Å². The number of hydrogen-bond donors (Lipinski definition) is 2. The van der Waals surface area contributed by atoms with Crippen molar-refractivity contribution >= 4 is 23.3 Å². The molecule has 0 saturated heterocycles. The Morgan fingerprint density at radius 2 is 1.59 bits per heavy atom. The van der Waals surface area contributed by atoms with Crippen LogP contribution in [-0.2, 0) is 24.1 Å². The van der Waals surface area contributed by atoms with Crippen molar-refractivity contribution in [3.05, 3.63) is 107 Å². The third-order valence-electron chi connectivity index (χ3n) is 5.04. The summed E-state index contributed by atoms with van der Waals surface area (Å²) < 4.78 is 0. The van der Waals surface area contributed by atoms with Crippen LogP contribution in [0.1, 0.15) is 16.8 Å². The van der Waals surface area contributed by atoms with E-state index in [1.165, 1.54) is 5.56 Å². The lowest BCUT2D eigenvalue weighted by Gasteiger charge is -2.12. The Bertz CT molecular complexity index is 1190. The molecule has 0 atom stereocenters. The molecule has 1 amide bonds. The number of anilines is 1. The molecule has 0 aliphatic carbocycles. The molecule has 5 nitrogen and oxygen atoms in total. The first-order valence-corrected chi connectivity index (χ1v) is 10.7. The van der Waals surface area contributed by atoms with E-state index in [1.54, 1.807) is 42.6 Å². The monoisotopic (exact) mass is 443 g/mol. The summed E-state index contributed by atoms with van der Waals surface area (Å²) in [5.74, 6) is 0.486. The third-order valence-corrected chi connectivity index (χ3v) is 5.29. The first kappa shape index (κ1) is 21.5. The second kappa shape index (κ2) is 10.1. The number of aryl methyl sites for hydroxylation is 2. The number of halogens is 1. The Labute approximate surface area is 191 Å². The van der Waals surface area contributed by atoms with E-state index in [2.05, 4.69) is 22.4 Å². The maximum absolute atomic E-state index is 12.6. The van der Waals surface area contributed by atoms with Crippen molar-refractivity contribution in [1.82, 2.24) is 9.97 Å². The van der Waals surface area contributed by atoms with Gasteiger partial charge in [0.05, 0.1) is 24.0 Å². The van der Waals surface area contributed by atoms with Gasteiger partial charge in [0.25, 0.3) is 0 Å². The van der Waals surface area contributed by atoms with Gasteiger partial charge in [-0.05, 0) is 60.4 Å². The summed E-state index contributed by atoms with van der Waals surface area (Å²) in [6, 6.07) is 24.1. The van der Waals surface area contributed by atoms with Gasteiger partial charge in [-0.2, -0.15) is 0 Å². The lowest BCUT2D eigenvalue weighted by atomic mass is 10.1. The van der Waals surface area contributed by atoms with Crippen LogP contribution in [0.2, 0.25) is 5.02 Å². The molecule has 0 spiro atoms. The highest BCUT2D eigenvalue weighted by Gasteiger charge is 2.13. The summed E-state index contributed by atoms with van der Waals surface area (Å²) in [6.45, 7) is 0. The number of carbonyl (C=O) groups is 1. The average Bonchev–Trinajstić information content (AvgIpc) is 2.81. The van der Waals surface area contributed by atoms with Gasteiger partial charge in [0.1, 0.15) is 5.75 Å². The molecule has 6 heteroatoms. The summed E-state index contributed by atoms with van der Waals surface area (Å²) in [7, 11) is 0. The van der Waals surface area contributed by atoms with E-state index >= 15 is 0 Å². The van der Waals surface area contributed by atoms with Crippen molar-refractivity contribution in [3.63, 3.8) is 0 Å². The van der Waals surface area contributed by atoms with Crippen LogP contribution in [0.5, 0.6) is 5.75 Å². The molecule has 2 N–H and O–H groups in total. The number of carbonyl (C=O) groups excluding carboxylic acids is 1. The second-order valence-corrected chi connectivity index (χ2v) is 7.87. The van der Waals surface area contributed by atoms with E-state index in [1.807, 2.05) is 30.3 Å². The van der Waals surface area contributed by atoms with Crippen LogP contribution in [0, 0.1) is 0 Å². The largest absolute Gasteiger partial charge is 0.508 e. The third kappa shape index (κ3) is 5.71. The van der Waals surface area contributed by atoms with Crippen LogP contribution in [0.25, 0.3) is 11.3 Å². The molecule has 0 bridgehead atoms. The molecular weight excluding hydrogens is 422 g/mol. The van der Waals surface area contributed by atoms with Crippen molar-refractivity contribution in [1.29, 1.82) is 0 Å². The fraction of sp³-hybridized carbons (Fsp3) is 0.115. The van der Waals surface area contributed by atoms with Crippen molar-refractivity contribution < 1.29 is 9.90 Å². The van der Waals surface area contributed by atoms with Gasteiger partial charge in [0.2, 0.25) is 5.91 Å². The second-order valence-electron chi connectivity index (χ2n) is 7.43. The van der Waals surface area contributed by atoms with Crippen molar-refractivity contribution in [2.75, 3.05) is 5.32 Å². The zero-order valence-electron chi connectivity index (χ0n) is 17.3. The number of aromatic nitrogens is 2. The minimum atomic E-state index is -0.167. The topological polar surface area (TPSA) is 75.1 Å². The quantitative estimate of drug-likeness (QED) is 0.397. The fourth-order valence-corrected chi connectivity index (χ4v) is 3.47. The van der Waals surface area contributed by atoms with Gasteiger partial charge in [-0.1, -0.05) is 54.1 Å². The van der Waals surface area contributed by atoms with Crippen molar-refractivity contribution in [2.24, 2.45) is 0 Å². The minimum absolute atomic E-state index is 0.167. The molecule has 1 heterocycles. The Kier molecular flexibility index (Phi) is 6.78. The smallest absolute Gasteiger partial charge is 0.229 e. The normalized spacial score (nSPS) is 10.7. The number of nitrogens with one attached hydrogen (secondary N) is 1. The molecule has 0 aliphatic heterocycles. The van der Waals surface area contributed by atoms with Crippen molar-refractivity contribution in [2.45, 2.75) is 19.3 Å². The molecular formula is C26H22ClN3O2. The summed E-state index contributed by atoms with van der Waals surface area (Å²) in [6.07, 6.45) is 3.25. The van der Waals surface area contributed by atoms with Crippen LogP contribution in [0.4, 0.5) is 5.82 Å². The van der Waals surface area contributed by atoms with E-state index in [0.29, 0.717) is 28.6 Å². The maximum atomic E-state index is 12.6. The first-order chi connectivity index (χ1) is 15.6. The van der Waals surface area contributed by atoms with Gasteiger partial charge in [-0.15, -0.1) is 0 Å². The summed E-state index contributed by atoms with van der Waals surface area (Å²) in [4.78, 5) is 21.9. The highest BCUT2D eigenvalue weighted by Crippen LogP contribution is 2.23. The molecule has 32 heavy (non-hydrogen) atoms. The van der Waals surface area contributed by atoms with Gasteiger partial charge in [-0.3, -0.25) is 4.79 Å². The van der Waals surface area contributed by atoms with Gasteiger partial charge < -0.3 is 10.4 Å². The standard InChI is InChI=1S/C26H22ClN3O2/c27-21-11-6-19(7-12-21)16-25(32)30-26-23(15-8-18-4-2-1-3-5-18)29-24(17-28-26)20-9-13-22(31)14-10-20/h1-7,9-14,17,31H,8,15-16H2,(H,28,30,32). The predicted octanol–water partition coefficient (Wildman–Crippen LogP) is 5.47. The number of rotatable bonds is 7. The lowest BCUT2D eigenvalue weighted by Crippen LogP contribution is -2.17. The zero-order chi connectivity index (χ0) is 22.3. The molecule has 0 fully saturated rings. The zero-order valence-corrected chi connectivity index (χ0v) is 18.1. The van der Waals surface area contributed by atoms with E-state index in [0.717, 1.165) is 17.5 Å². The SMILES string of the molecule is O=C(Cc1ccc(Cl)cc1)Nc1ncc(-c2ccc(O)cc2)nc1CCc1ccccc1. The van der Waals surface area contributed by atoms with Gasteiger partial charge in [-0.25, -0.2) is 9.97 Å². The van der Waals surface area contributed by atoms with E-state index in [9.17, 15) is 9.90 Å². The number of nitrogens with zero attached hydrogens (tertiary/aromatic N) is 2. The Hall–Kier alpha value is -3.70. The minimum Gasteiger partial charge on any atom is -0.508 e. The van der Waals surface area contributed by atoms with E-state index < -0.39 is 0 Å². The summed E-state index contributed by atoms with van der Waals surface area (Å²) in [5.41, 5.74) is 4.29. The first-order valence-electron chi connectivity index (χ1n) is 10.3. The highest BCUT2D eigenvalue weighted by atomic mass is 35.5.